The summed E-state index contributed by atoms with van der Waals surface area (Å²) in [6, 6.07) is 8.40. The Labute approximate surface area is 85.8 Å². The van der Waals surface area contributed by atoms with Crippen molar-refractivity contribution < 1.29 is 5.11 Å². The Morgan fingerprint density at radius 3 is 2.50 bits per heavy atom. The lowest BCUT2D eigenvalue weighted by Gasteiger charge is -2.30. The van der Waals surface area contributed by atoms with Gasteiger partial charge >= 0.3 is 0 Å². The monoisotopic (exact) mass is 190 g/mol. The first-order valence-corrected chi connectivity index (χ1v) is 5.26. The Morgan fingerprint density at radius 2 is 1.86 bits per heavy atom. The fourth-order valence-corrected chi connectivity index (χ4v) is 2.62. The van der Waals surface area contributed by atoms with Crippen LogP contribution in [0, 0.1) is 5.41 Å². The summed E-state index contributed by atoms with van der Waals surface area (Å²) in [7, 11) is 0. The zero-order valence-corrected chi connectivity index (χ0v) is 9.12. The van der Waals surface area contributed by atoms with E-state index in [9.17, 15) is 5.11 Å². The lowest BCUT2D eigenvalue weighted by Crippen LogP contribution is -2.26. The van der Waals surface area contributed by atoms with Crippen LogP contribution >= 0.6 is 0 Å². The molecule has 14 heavy (non-hydrogen) atoms. The van der Waals surface area contributed by atoms with E-state index in [4.69, 9.17) is 0 Å². The second-order valence-electron chi connectivity index (χ2n) is 5.31. The molecule has 2 atom stereocenters. The van der Waals surface area contributed by atoms with Crippen molar-refractivity contribution in [2.45, 2.75) is 39.2 Å². The van der Waals surface area contributed by atoms with Crippen molar-refractivity contribution in [1.29, 1.82) is 0 Å². The highest BCUT2D eigenvalue weighted by atomic mass is 16.3. The van der Waals surface area contributed by atoms with Gasteiger partial charge in [-0.05, 0) is 23.0 Å². The molecule has 0 saturated heterocycles. The Hall–Kier alpha value is -0.820. The van der Waals surface area contributed by atoms with Crippen LogP contribution in [0.25, 0.3) is 0 Å². The largest absolute Gasteiger partial charge is 0.392 e. The molecule has 0 bridgehead atoms. The molecule has 0 aromatic heterocycles. The first-order chi connectivity index (χ1) is 6.50. The fraction of sp³-hybridized carbons (Fsp3) is 0.538. The van der Waals surface area contributed by atoms with Gasteiger partial charge in [0.25, 0.3) is 0 Å². The van der Waals surface area contributed by atoms with Gasteiger partial charge in [0.05, 0.1) is 6.10 Å². The smallest absolute Gasteiger partial charge is 0.0654 e. The summed E-state index contributed by atoms with van der Waals surface area (Å²) in [6.07, 6.45) is 0.616. The van der Waals surface area contributed by atoms with Gasteiger partial charge in [0.2, 0.25) is 0 Å². The summed E-state index contributed by atoms with van der Waals surface area (Å²) in [5.74, 6) is 0.290. The summed E-state index contributed by atoms with van der Waals surface area (Å²) < 4.78 is 0. The van der Waals surface area contributed by atoms with Crippen LogP contribution in [-0.2, 0) is 6.42 Å². The van der Waals surface area contributed by atoms with Gasteiger partial charge in [-0.1, -0.05) is 45.0 Å². The standard InChI is InChI=1S/C13H18O/c1-13(2,3)12-10-7-5-4-6-9(10)8-11(12)14/h4-7,11-12,14H,8H2,1-3H3/t11-,12+/m0/s1. The normalized spacial score (nSPS) is 26.3. The van der Waals surface area contributed by atoms with Crippen molar-refractivity contribution in [3.63, 3.8) is 0 Å². The minimum Gasteiger partial charge on any atom is -0.392 e. The van der Waals surface area contributed by atoms with Crippen LogP contribution in [0.5, 0.6) is 0 Å². The van der Waals surface area contributed by atoms with Gasteiger partial charge in [-0.2, -0.15) is 0 Å². The maximum atomic E-state index is 10.0. The second-order valence-corrected chi connectivity index (χ2v) is 5.31. The molecule has 1 aromatic carbocycles. The Morgan fingerprint density at radius 1 is 1.21 bits per heavy atom. The minimum absolute atomic E-state index is 0.145. The maximum absolute atomic E-state index is 10.0. The molecule has 0 spiro atoms. The molecule has 1 aliphatic carbocycles. The number of aliphatic hydroxyl groups is 1. The van der Waals surface area contributed by atoms with E-state index in [0.717, 1.165) is 6.42 Å². The summed E-state index contributed by atoms with van der Waals surface area (Å²) >= 11 is 0. The van der Waals surface area contributed by atoms with E-state index >= 15 is 0 Å². The number of fused-ring (bicyclic) bond motifs is 1. The first kappa shape index (κ1) is 9.72. The van der Waals surface area contributed by atoms with Gasteiger partial charge in [0.1, 0.15) is 0 Å². The van der Waals surface area contributed by atoms with Crippen molar-refractivity contribution in [1.82, 2.24) is 0 Å². The third-order valence-electron chi connectivity index (χ3n) is 3.14. The van der Waals surface area contributed by atoms with E-state index in [-0.39, 0.29) is 11.5 Å². The number of hydrogen-bond donors (Lipinski definition) is 1. The highest BCUT2D eigenvalue weighted by Crippen LogP contribution is 2.44. The van der Waals surface area contributed by atoms with Gasteiger partial charge in [-0.15, -0.1) is 0 Å². The lowest BCUT2D eigenvalue weighted by atomic mass is 9.76. The number of aliphatic hydroxyl groups excluding tert-OH is 1. The zero-order valence-electron chi connectivity index (χ0n) is 9.12. The Kier molecular flexibility index (Phi) is 2.15. The molecule has 0 saturated carbocycles. The lowest BCUT2D eigenvalue weighted by molar-refractivity contribution is 0.104. The van der Waals surface area contributed by atoms with Crippen molar-refractivity contribution >= 4 is 0 Å². The van der Waals surface area contributed by atoms with Gasteiger partial charge in [0, 0.05) is 5.92 Å². The molecular formula is C13H18O. The molecular weight excluding hydrogens is 172 g/mol. The van der Waals surface area contributed by atoms with Crippen LogP contribution < -0.4 is 0 Å². The molecule has 0 amide bonds. The van der Waals surface area contributed by atoms with Gasteiger partial charge < -0.3 is 5.11 Å². The quantitative estimate of drug-likeness (QED) is 0.667. The first-order valence-electron chi connectivity index (χ1n) is 5.26. The van der Waals surface area contributed by atoms with Crippen LogP contribution in [0.2, 0.25) is 0 Å². The molecule has 1 nitrogen and oxygen atoms in total. The van der Waals surface area contributed by atoms with Crippen LogP contribution in [0.3, 0.4) is 0 Å². The van der Waals surface area contributed by atoms with Crippen molar-refractivity contribution in [2.75, 3.05) is 0 Å². The topological polar surface area (TPSA) is 20.2 Å². The summed E-state index contributed by atoms with van der Waals surface area (Å²) in [4.78, 5) is 0. The average Bonchev–Trinajstić information content (AvgIpc) is 2.38. The van der Waals surface area contributed by atoms with Crippen LogP contribution in [-0.4, -0.2) is 11.2 Å². The maximum Gasteiger partial charge on any atom is 0.0654 e. The van der Waals surface area contributed by atoms with Crippen LogP contribution in [0.4, 0.5) is 0 Å². The Balaban J connectivity index is 2.45. The van der Waals surface area contributed by atoms with E-state index in [1.54, 1.807) is 0 Å². The molecule has 0 aliphatic heterocycles. The Bertz CT molecular complexity index is 335. The molecule has 1 aliphatic rings. The van der Waals surface area contributed by atoms with Gasteiger partial charge in [-0.25, -0.2) is 0 Å². The summed E-state index contributed by atoms with van der Waals surface area (Å²) in [6.45, 7) is 6.59. The number of benzene rings is 1. The molecule has 0 unspecified atom stereocenters. The van der Waals surface area contributed by atoms with E-state index < -0.39 is 0 Å². The minimum atomic E-state index is -0.201. The molecule has 0 heterocycles. The van der Waals surface area contributed by atoms with E-state index in [1.807, 2.05) is 0 Å². The van der Waals surface area contributed by atoms with Crippen molar-refractivity contribution in [3.8, 4) is 0 Å². The summed E-state index contributed by atoms with van der Waals surface area (Å²) in [5.41, 5.74) is 2.80. The van der Waals surface area contributed by atoms with Gasteiger partial charge in [-0.3, -0.25) is 0 Å². The molecule has 76 valence electrons. The molecule has 1 heteroatoms. The second kappa shape index (κ2) is 3.09. The predicted molar refractivity (Wildman–Crippen MR) is 58.3 cm³/mol. The van der Waals surface area contributed by atoms with Gasteiger partial charge in [0.15, 0.2) is 0 Å². The molecule has 0 fully saturated rings. The summed E-state index contributed by atoms with van der Waals surface area (Å²) in [5, 5.41) is 10.0. The highest BCUT2D eigenvalue weighted by Gasteiger charge is 2.38. The third kappa shape index (κ3) is 1.46. The number of rotatable bonds is 0. The third-order valence-corrected chi connectivity index (χ3v) is 3.14. The van der Waals surface area contributed by atoms with Crippen molar-refractivity contribution in [3.05, 3.63) is 35.4 Å². The molecule has 2 rings (SSSR count). The molecule has 1 N–H and O–H groups in total. The van der Waals surface area contributed by atoms with E-state index in [0.29, 0.717) is 5.92 Å². The average molecular weight is 190 g/mol. The van der Waals surface area contributed by atoms with Crippen LogP contribution in [0.1, 0.15) is 37.8 Å². The zero-order chi connectivity index (χ0) is 10.3. The van der Waals surface area contributed by atoms with E-state index in [1.165, 1.54) is 11.1 Å². The number of hydrogen-bond acceptors (Lipinski definition) is 1. The molecule has 0 radical (unpaired) electrons. The highest BCUT2D eigenvalue weighted by molar-refractivity contribution is 5.38. The van der Waals surface area contributed by atoms with E-state index in [2.05, 4.69) is 45.0 Å². The van der Waals surface area contributed by atoms with Crippen LogP contribution in [0.15, 0.2) is 24.3 Å². The molecule has 1 aromatic rings. The SMILES string of the molecule is CC(C)(C)[C@@H]1c2ccccc2C[C@@H]1O. The fourth-order valence-electron chi connectivity index (χ4n) is 2.62. The van der Waals surface area contributed by atoms with Crippen molar-refractivity contribution in [2.24, 2.45) is 5.41 Å². The predicted octanol–water partition coefficient (Wildman–Crippen LogP) is 2.73.